The lowest BCUT2D eigenvalue weighted by Crippen LogP contribution is -2.48. The van der Waals surface area contributed by atoms with Gasteiger partial charge in [-0.2, -0.15) is 0 Å². The molecule has 1 saturated carbocycles. The number of nitrogens with zero attached hydrogens (tertiary/aromatic N) is 3. The summed E-state index contributed by atoms with van der Waals surface area (Å²) in [6, 6.07) is 6.55. The molecule has 2 aliphatic heterocycles. The third-order valence-electron chi connectivity index (χ3n) is 6.57. The van der Waals surface area contributed by atoms with Gasteiger partial charge in [-0.15, -0.1) is 0 Å². The molecule has 29 heavy (non-hydrogen) atoms. The van der Waals surface area contributed by atoms with Crippen LogP contribution in [0.3, 0.4) is 0 Å². The van der Waals surface area contributed by atoms with Gasteiger partial charge >= 0.3 is 0 Å². The summed E-state index contributed by atoms with van der Waals surface area (Å²) in [4.78, 5) is 19.9. The number of amides is 1. The number of benzene rings is 1. The lowest BCUT2D eigenvalue weighted by molar-refractivity contribution is -0.136. The fraction of sp³-hybridized carbons (Fsp3) is 0.682. The van der Waals surface area contributed by atoms with E-state index in [-0.39, 0.29) is 30.5 Å². The second-order valence-corrected chi connectivity index (χ2v) is 8.47. The van der Waals surface area contributed by atoms with Crippen LogP contribution in [0.1, 0.15) is 32.1 Å². The minimum absolute atomic E-state index is 0.00588. The molecule has 0 bridgehead atoms. The maximum atomic E-state index is 13.5. The standard InChI is InChI=1S/C22H32FN3O3/c23-17-4-1-7-19(14-17)29-20-15-21(26(16-20)12-13-27)22(28)25-9-3-8-24(10-11-25)18-5-2-6-18/h1,4,7,14,18,20-21,27H,2-3,5-6,8-13,15-16H2. The van der Waals surface area contributed by atoms with Crippen molar-refractivity contribution in [3.05, 3.63) is 30.1 Å². The Bertz CT molecular complexity index is 700. The molecule has 2 atom stereocenters. The number of carbonyl (C=O) groups excluding carboxylic acids is 1. The van der Waals surface area contributed by atoms with E-state index >= 15 is 0 Å². The first-order valence-electron chi connectivity index (χ1n) is 10.9. The van der Waals surface area contributed by atoms with Crippen LogP contribution in [0.4, 0.5) is 4.39 Å². The minimum Gasteiger partial charge on any atom is -0.489 e. The van der Waals surface area contributed by atoms with Gasteiger partial charge in [-0.05, 0) is 31.4 Å². The third kappa shape index (κ3) is 4.90. The molecular weight excluding hydrogens is 373 g/mol. The van der Waals surface area contributed by atoms with Crippen LogP contribution in [0, 0.1) is 5.82 Å². The average Bonchev–Trinajstić information content (AvgIpc) is 2.89. The van der Waals surface area contributed by atoms with E-state index in [4.69, 9.17) is 4.74 Å². The van der Waals surface area contributed by atoms with Crippen LogP contribution in [-0.4, -0.2) is 89.8 Å². The summed E-state index contributed by atoms with van der Waals surface area (Å²) >= 11 is 0. The van der Waals surface area contributed by atoms with Gasteiger partial charge in [-0.25, -0.2) is 4.39 Å². The number of hydrogen-bond acceptors (Lipinski definition) is 5. The van der Waals surface area contributed by atoms with E-state index in [1.54, 1.807) is 12.1 Å². The SMILES string of the molecule is O=C(C1CC(Oc2cccc(F)c2)CN1CCO)N1CCCN(C2CCC2)CC1. The Morgan fingerprint density at radius 2 is 2.03 bits per heavy atom. The van der Waals surface area contributed by atoms with E-state index in [2.05, 4.69) is 4.90 Å². The van der Waals surface area contributed by atoms with Crippen molar-refractivity contribution in [3.8, 4) is 5.75 Å². The monoisotopic (exact) mass is 405 g/mol. The Kier molecular flexibility index (Phi) is 6.67. The molecule has 2 saturated heterocycles. The number of rotatable bonds is 6. The van der Waals surface area contributed by atoms with E-state index in [1.165, 1.54) is 31.4 Å². The molecule has 1 amide bonds. The van der Waals surface area contributed by atoms with Gasteiger partial charge in [0.05, 0.1) is 12.6 Å². The number of halogens is 1. The van der Waals surface area contributed by atoms with Crippen LogP contribution in [0.2, 0.25) is 0 Å². The Labute approximate surface area is 172 Å². The van der Waals surface area contributed by atoms with Gasteiger partial charge in [-0.1, -0.05) is 12.5 Å². The first kappa shape index (κ1) is 20.6. The highest BCUT2D eigenvalue weighted by Crippen LogP contribution is 2.27. The van der Waals surface area contributed by atoms with E-state index in [9.17, 15) is 14.3 Å². The Morgan fingerprint density at radius 1 is 1.17 bits per heavy atom. The van der Waals surface area contributed by atoms with E-state index in [1.807, 2.05) is 9.80 Å². The molecule has 2 unspecified atom stereocenters. The Morgan fingerprint density at radius 3 is 2.76 bits per heavy atom. The van der Waals surface area contributed by atoms with Crippen molar-refractivity contribution in [1.82, 2.24) is 14.7 Å². The molecular formula is C22H32FN3O3. The van der Waals surface area contributed by atoms with Crippen LogP contribution in [0.5, 0.6) is 5.75 Å². The zero-order chi connectivity index (χ0) is 20.2. The first-order chi connectivity index (χ1) is 14.1. The molecule has 7 heteroatoms. The molecule has 3 fully saturated rings. The van der Waals surface area contributed by atoms with Crippen molar-refractivity contribution in [1.29, 1.82) is 0 Å². The third-order valence-corrected chi connectivity index (χ3v) is 6.57. The van der Waals surface area contributed by atoms with E-state index in [0.717, 1.165) is 32.6 Å². The van der Waals surface area contributed by atoms with Crippen LogP contribution in [0.25, 0.3) is 0 Å². The molecule has 4 rings (SSSR count). The largest absolute Gasteiger partial charge is 0.489 e. The number of likely N-dealkylation sites (tertiary alicyclic amines) is 1. The Balaban J connectivity index is 1.37. The quantitative estimate of drug-likeness (QED) is 0.781. The van der Waals surface area contributed by atoms with Crippen LogP contribution >= 0.6 is 0 Å². The highest BCUT2D eigenvalue weighted by Gasteiger charge is 2.40. The van der Waals surface area contributed by atoms with Gasteiger partial charge in [0.15, 0.2) is 0 Å². The number of hydrogen-bond donors (Lipinski definition) is 1. The molecule has 0 spiro atoms. The first-order valence-corrected chi connectivity index (χ1v) is 10.9. The summed E-state index contributed by atoms with van der Waals surface area (Å²) in [7, 11) is 0. The highest BCUT2D eigenvalue weighted by atomic mass is 19.1. The number of carbonyl (C=O) groups is 1. The zero-order valence-corrected chi connectivity index (χ0v) is 17.0. The van der Waals surface area contributed by atoms with Crippen molar-refractivity contribution >= 4 is 5.91 Å². The van der Waals surface area contributed by atoms with Gasteiger partial charge in [0.2, 0.25) is 5.91 Å². The van der Waals surface area contributed by atoms with Crippen LogP contribution < -0.4 is 4.74 Å². The molecule has 160 valence electrons. The molecule has 6 nitrogen and oxygen atoms in total. The predicted octanol–water partition coefficient (Wildman–Crippen LogP) is 1.73. The summed E-state index contributed by atoms with van der Waals surface area (Å²) in [5.41, 5.74) is 0. The fourth-order valence-corrected chi connectivity index (χ4v) is 4.80. The number of ether oxygens (including phenoxy) is 1. The van der Waals surface area contributed by atoms with Crippen molar-refractivity contribution < 1.29 is 19.0 Å². The molecule has 1 aromatic rings. The van der Waals surface area contributed by atoms with Crippen molar-refractivity contribution in [2.75, 3.05) is 45.9 Å². The summed E-state index contributed by atoms with van der Waals surface area (Å²) < 4.78 is 19.4. The normalized spacial score (nSPS) is 26.9. The number of aliphatic hydroxyl groups excluding tert-OH is 1. The lowest BCUT2D eigenvalue weighted by Gasteiger charge is -2.36. The minimum atomic E-state index is -0.332. The topological polar surface area (TPSA) is 56.2 Å². The zero-order valence-electron chi connectivity index (χ0n) is 17.0. The summed E-state index contributed by atoms with van der Waals surface area (Å²) in [6.45, 7) is 4.61. The molecule has 2 heterocycles. The Hall–Kier alpha value is -1.70. The molecule has 3 aliphatic rings. The number of aliphatic hydroxyl groups is 1. The predicted molar refractivity (Wildman–Crippen MR) is 108 cm³/mol. The number of β-amino-alcohol motifs (C(OH)–C–C–N with tert-alkyl or cyclic N) is 1. The summed E-state index contributed by atoms with van der Waals surface area (Å²) in [6.07, 6.45) is 5.31. The van der Waals surface area contributed by atoms with Crippen molar-refractivity contribution in [2.45, 2.75) is 50.3 Å². The molecule has 0 radical (unpaired) electrons. The maximum absolute atomic E-state index is 13.5. The second-order valence-electron chi connectivity index (χ2n) is 8.47. The highest BCUT2D eigenvalue weighted by molar-refractivity contribution is 5.82. The molecule has 1 aromatic carbocycles. The average molecular weight is 406 g/mol. The second kappa shape index (κ2) is 9.41. The van der Waals surface area contributed by atoms with Gasteiger partial charge in [-0.3, -0.25) is 14.6 Å². The van der Waals surface area contributed by atoms with Crippen LogP contribution in [-0.2, 0) is 4.79 Å². The van der Waals surface area contributed by atoms with Gasteiger partial charge in [0.1, 0.15) is 17.7 Å². The van der Waals surface area contributed by atoms with Gasteiger partial charge in [0, 0.05) is 57.8 Å². The van der Waals surface area contributed by atoms with E-state index < -0.39 is 0 Å². The lowest BCUT2D eigenvalue weighted by atomic mass is 9.91. The van der Waals surface area contributed by atoms with Crippen LogP contribution in [0.15, 0.2) is 24.3 Å². The summed E-state index contributed by atoms with van der Waals surface area (Å²) in [5, 5.41) is 9.46. The summed E-state index contributed by atoms with van der Waals surface area (Å²) in [5.74, 6) is 0.290. The van der Waals surface area contributed by atoms with Gasteiger partial charge < -0.3 is 14.7 Å². The van der Waals surface area contributed by atoms with E-state index in [0.29, 0.717) is 31.3 Å². The molecule has 1 N–H and O–H groups in total. The van der Waals surface area contributed by atoms with Gasteiger partial charge in [0.25, 0.3) is 0 Å². The smallest absolute Gasteiger partial charge is 0.240 e. The maximum Gasteiger partial charge on any atom is 0.240 e. The fourth-order valence-electron chi connectivity index (χ4n) is 4.80. The van der Waals surface area contributed by atoms with Crippen molar-refractivity contribution in [2.24, 2.45) is 0 Å². The van der Waals surface area contributed by atoms with Crippen molar-refractivity contribution in [3.63, 3.8) is 0 Å². The molecule has 1 aliphatic carbocycles. The molecule has 0 aromatic heterocycles.